The Labute approximate surface area is 110 Å². The van der Waals surface area contributed by atoms with Crippen molar-refractivity contribution >= 4 is 11.3 Å². The Bertz CT molecular complexity index is 282. The predicted octanol–water partition coefficient (Wildman–Crippen LogP) is 3.52. The molecule has 0 aliphatic carbocycles. The smallest absolute Gasteiger partial charge is 0.0561 e. The van der Waals surface area contributed by atoms with Crippen molar-refractivity contribution in [3.05, 3.63) is 22.4 Å². The number of nitrogens with zero attached hydrogens (tertiary/aromatic N) is 1. The number of thiophene rings is 1. The summed E-state index contributed by atoms with van der Waals surface area (Å²) in [5.74, 6) is 0. The third kappa shape index (κ3) is 5.19. The van der Waals surface area contributed by atoms with E-state index in [0.29, 0.717) is 12.1 Å². The molecule has 0 aromatic carbocycles. The van der Waals surface area contributed by atoms with Gasteiger partial charge in [0.1, 0.15) is 0 Å². The Kier molecular flexibility index (Phi) is 6.78. The quantitative estimate of drug-likeness (QED) is 0.763. The van der Waals surface area contributed by atoms with Gasteiger partial charge in [0.15, 0.2) is 0 Å². The van der Waals surface area contributed by atoms with Crippen LogP contribution in [0.5, 0.6) is 0 Å². The van der Waals surface area contributed by atoms with Gasteiger partial charge in [-0.15, -0.1) is 11.3 Å². The Balaban J connectivity index is 2.40. The second-order valence-corrected chi connectivity index (χ2v) is 5.93. The zero-order chi connectivity index (χ0) is 12.7. The molecule has 2 atom stereocenters. The second-order valence-electron chi connectivity index (χ2n) is 4.95. The van der Waals surface area contributed by atoms with Gasteiger partial charge in [0, 0.05) is 17.5 Å². The SMILES string of the molecule is CCCCC(C)NCC(c1cccs1)N(C)C. The van der Waals surface area contributed by atoms with E-state index in [2.05, 4.69) is 55.7 Å². The summed E-state index contributed by atoms with van der Waals surface area (Å²) in [7, 11) is 4.31. The third-order valence-corrected chi connectivity index (χ3v) is 4.12. The summed E-state index contributed by atoms with van der Waals surface area (Å²) in [6.07, 6.45) is 3.88. The lowest BCUT2D eigenvalue weighted by Crippen LogP contribution is -2.35. The molecular formula is C14H26N2S. The number of hydrogen-bond acceptors (Lipinski definition) is 3. The summed E-state index contributed by atoms with van der Waals surface area (Å²) in [6.45, 7) is 5.58. The Morgan fingerprint density at radius 2 is 2.18 bits per heavy atom. The zero-order valence-corrected chi connectivity index (χ0v) is 12.4. The van der Waals surface area contributed by atoms with E-state index < -0.39 is 0 Å². The van der Waals surface area contributed by atoms with Crippen LogP contribution in [0.15, 0.2) is 17.5 Å². The highest BCUT2D eigenvalue weighted by Crippen LogP contribution is 2.22. The zero-order valence-electron chi connectivity index (χ0n) is 11.6. The summed E-state index contributed by atoms with van der Waals surface area (Å²) in [6, 6.07) is 5.49. The van der Waals surface area contributed by atoms with Crippen LogP contribution in [0.25, 0.3) is 0 Å². The first kappa shape index (κ1) is 14.7. The molecule has 98 valence electrons. The van der Waals surface area contributed by atoms with Gasteiger partial charge in [-0.25, -0.2) is 0 Å². The standard InChI is InChI=1S/C14H26N2S/c1-5-6-8-12(2)15-11-13(16(3)4)14-9-7-10-17-14/h7,9-10,12-13,15H,5-6,8,11H2,1-4H3. The van der Waals surface area contributed by atoms with E-state index in [0.717, 1.165) is 6.54 Å². The third-order valence-electron chi connectivity index (χ3n) is 3.15. The van der Waals surface area contributed by atoms with Crippen LogP contribution < -0.4 is 5.32 Å². The van der Waals surface area contributed by atoms with Crippen molar-refractivity contribution in [2.75, 3.05) is 20.6 Å². The summed E-state index contributed by atoms with van der Waals surface area (Å²) >= 11 is 1.85. The summed E-state index contributed by atoms with van der Waals surface area (Å²) in [4.78, 5) is 3.75. The molecule has 0 bridgehead atoms. The lowest BCUT2D eigenvalue weighted by molar-refractivity contribution is 0.282. The van der Waals surface area contributed by atoms with Gasteiger partial charge in [0.25, 0.3) is 0 Å². The first-order valence-electron chi connectivity index (χ1n) is 6.58. The maximum absolute atomic E-state index is 3.65. The Morgan fingerprint density at radius 1 is 1.41 bits per heavy atom. The molecule has 1 aromatic heterocycles. The topological polar surface area (TPSA) is 15.3 Å². The van der Waals surface area contributed by atoms with Crippen molar-refractivity contribution in [1.29, 1.82) is 0 Å². The molecule has 0 radical (unpaired) electrons. The molecule has 0 fully saturated rings. The Morgan fingerprint density at radius 3 is 2.71 bits per heavy atom. The minimum Gasteiger partial charge on any atom is -0.312 e. The minimum absolute atomic E-state index is 0.499. The van der Waals surface area contributed by atoms with Crippen LogP contribution in [0, 0.1) is 0 Å². The van der Waals surface area contributed by atoms with Crippen molar-refractivity contribution in [2.24, 2.45) is 0 Å². The molecule has 2 unspecified atom stereocenters. The van der Waals surface area contributed by atoms with Gasteiger partial charge in [0.2, 0.25) is 0 Å². The number of likely N-dealkylation sites (N-methyl/N-ethyl adjacent to an activating group) is 1. The largest absolute Gasteiger partial charge is 0.312 e. The van der Waals surface area contributed by atoms with Crippen LogP contribution in [-0.2, 0) is 0 Å². The van der Waals surface area contributed by atoms with E-state index >= 15 is 0 Å². The predicted molar refractivity (Wildman–Crippen MR) is 77.7 cm³/mol. The molecule has 0 aliphatic rings. The fourth-order valence-corrected chi connectivity index (χ4v) is 2.87. The monoisotopic (exact) mass is 254 g/mol. The molecule has 2 nitrogen and oxygen atoms in total. The molecule has 3 heteroatoms. The van der Waals surface area contributed by atoms with Crippen LogP contribution in [0.3, 0.4) is 0 Å². The van der Waals surface area contributed by atoms with Gasteiger partial charge < -0.3 is 10.2 Å². The average molecular weight is 254 g/mol. The van der Waals surface area contributed by atoms with Gasteiger partial charge in [-0.2, -0.15) is 0 Å². The number of rotatable bonds is 8. The number of nitrogens with one attached hydrogen (secondary N) is 1. The molecule has 1 N–H and O–H groups in total. The van der Waals surface area contributed by atoms with E-state index in [4.69, 9.17) is 0 Å². The molecule has 17 heavy (non-hydrogen) atoms. The van der Waals surface area contributed by atoms with Crippen LogP contribution in [0.1, 0.15) is 44.0 Å². The first-order valence-corrected chi connectivity index (χ1v) is 7.46. The lowest BCUT2D eigenvalue weighted by atomic mass is 10.1. The molecular weight excluding hydrogens is 228 g/mol. The highest BCUT2D eigenvalue weighted by Gasteiger charge is 2.15. The van der Waals surface area contributed by atoms with Gasteiger partial charge in [-0.05, 0) is 38.9 Å². The maximum atomic E-state index is 3.65. The molecule has 0 saturated heterocycles. The molecule has 0 saturated carbocycles. The highest BCUT2D eigenvalue weighted by atomic mass is 32.1. The molecule has 1 heterocycles. The van der Waals surface area contributed by atoms with Gasteiger partial charge >= 0.3 is 0 Å². The van der Waals surface area contributed by atoms with E-state index in [1.165, 1.54) is 24.1 Å². The van der Waals surface area contributed by atoms with Crippen molar-refractivity contribution in [2.45, 2.75) is 45.2 Å². The second kappa shape index (κ2) is 7.85. The van der Waals surface area contributed by atoms with Crippen molar-refractivity contribution < 1.29 is 0 Å². The molecule has 1 rings (SSSR count). The van der Waals surface area contributed by atoms with Crippen molar-refractivity contribution in [3.8, 4) is 0 Å². The minimum atomic E-state index is 0.499. The van der Waals surface area contributed by atoms with Crippen LogP contribution in [-0.4, -0.2) is 31.6 Å². The van der Waals surface area contributed by atoms with E-state index in [1.54, 1.807) is 0 Å². The molecule has 0 aliphatic heterocycles. The fourth-order valence-electron chi connectivity index (χ4n) is 1.94. The number of hydrogen-bond donors (Lipinski definition) is 1. The van der Waals surface area contributed by atoms with Crippen LogP contribution in [0.4, 0.5) is 0 Å². The summed E-state index contributed by atoms with van der Waals surface area (Å²) < 4.78 is 0. The normalized spacial score (nSPS) is 15.1. The van der Waals surface area contributed by atoms with E-state index in [1.807, 2.05) is 11.3 Å². The average Bonchev–Trinajstić information content (AvgIpc) is 2.79. The van der Waals surface area contributed by atoms with E-state index in [-0.39, 0.29) is 0 Å². The summed E-state index contributed by atoms with van der Waals surface area (Å²) in [5, 5.41) is 5.81. The van der Waals surface area contributed by atoms with Crippen LogP contribution in [0.2, 0.25) is 0 Å². The van der Waals surface area contributed by atoms with Crippen LogP contribution >= 0.6 is 11.3 Å². The van der Waals surface area contributed by atoms with E-state index in [9.17, 15) is 0 Å². The molecule has 1 aromatic rings. The van der Waals surface area contributed by atoms with Gasteiger partial charge in [-0.1, -0.05) is 25.8 Å². The fraction of sp³-hybridized carbons (Fsp3) is 0.714. The summed E-state index contributed by atoms with van der Waals surface area (Å²) in [5.41, 5.74) is 0. The lowest BCUT2D eigenvalue weighted by Gasteiger charge is -2.25. The molecule has 0 spiro atoms. The van der Waals surface area contributed by atoms with Crippen molar-refractivity contribution in [1.82, 2.24) is 10.2 Å². The Hall–Kier alpha value is -0.380. The highest BCUT2D eigenvalue weighted by molar-refractivity contribution is 7.10. The first-order chi connectivity index (χ1) is 8.15. The van der Waals surface area contributed by atoms with Gasteiger partial charge in [-0.3, -0.25) is 0 Å². The number of unbranched alkanes of at least 4 members (excludes halogenated alkanes) is 1. The van der Waals surface area contributed by atoms with Gasteiger partial charge in [0.05, 0.1) is 6.04 Å². The van der Waals surface area contributed by atoms with Crippen molar-refractivity contribution in [3.63, 3.8) is 0 Å². The maximum Gasteiger partial charge on any atom is 0.0561 e. The molecule has 0 amide bonds.